The molecule has 2 rings (SSSR count). The quantitative estimate of drug-likeness (QED) is 0.629. The fraction of sp³-hybridized carbons (Fsp3) is 0.250. The lowest BCUT2D eigenvalue weighted by atomic mass is 10.0. The predicted octanol–water partition coefficient (Wildman–Crippen LogP) is 5.12. The van der Waals surface area contributed by atoms with Crippen molar-refractivity contribution >= 4 is 28.4 Å². The molecule has 0 aliphatic heterocycles. The van der Waals surface area contributed by atoms with Crippen LogP contribution in [0, 0.1) is 11.3 Å². The lowest BCUT2D eigenvalue weighted by Crippen LogP contribution is -2.01. The van der Waals surface area contributed by atoms with Crippen molar-refractivity contribution in [2.75, 3.05) is 5.75 Å². The van der Waals surface area contributed by atoms with Crippen molar-refractivity contribution in [1.82, 2.24) is 4.98 Å². The van der Waals surface area contributed by atoms with E-state index in [-0.39, 0.29) is 0 Å². The Labute approximate surface area is 129 Å². The Kier molecular flexibility index (Phi) is 5.21. The van der Waals surface area contributed by atoms with Gasteiger partial charge in [-0.05, 0) is 29.7 Å². The molecular weight excluding hydrogens is 288 g/mol. The predicted molar refractivity (Wildman–Crippen MR) is 88.8 cm³/mol. The lowest BCUT2D eigenvalue weighted by Gasteiger charge is -2.12. The monoisotopic (exact) mass is 304 g/mol. The van der Waals surface area contributed by atoms with Crippen LogP contribution in [0.5, 0.6) is 0 Å². The average Bonchev–Trinajstić information content (AvgIpc) is 2.45. The first-order chi connectivity index (χ1) is 9.58. The maximum Gasteiger partial charge on any atom is 0.0948 e. The van der Waals surface area contributed by atoms with E-state index in [1.807, 2.05) is 30.3 Å². The molecule has 1 heterocycles. The molecule has 1 N–H and O–H groups in total. The molecule has 4 heteroatoms. The average molecular weight is 305 g/mol. The molecule has 2 nitrogen and oxygen atoms in total. The van der Waals surface area contributed by atoms with E-state index in [0.29, 0.717) is 16.0 Å². The zero-order chi connectivity index (χ0) is 14.5. The van der Waals surface area contributed by atoms with Crippen LogP contribution in [0.15, 0.2) is 42.7 Å². The zero-order valence-electron chi connectivity index (χ0n) is 11.6. The third-order valence-corrected chi connectivity index (χ3v) is 4.34. The Morgan fingerprint density at radius 1 is 1.35 bits per heavy atom. The second kappa shape index (κ2) is 6.91. The van der Waals surface area contributed by atoms with E-state index in [1.165, 1.54) is 0 Å². The SMILES string of the molecule is CC(C)CSC(=N)c1ccc(Cl)cc1-c1cccnc1. The first-order valence-corrected chi connectivity index (χ1v) is 7.86. The second-order valence-corrected chi connectivity index (χ2v) is 6.43. The summed E-state index contributed by atoms with van der Waals surface area (Å²) in [5, 5.41) is 9.54. The Hall–Kier alpha value is -1.32. The van der Waals surface area contributed by atoms with Crippen molar-refractivity contribution < 1.29 is 0 Å². The molecule has 0 bridgehead atoms. The molecule has 0 saturated heterocycles. The second-order valence-electron chi connectivity index (χ2n) is 4.97. The van der Waals surface area contributed by atoms with Gasteiger partial charge in [-0.1, -0.05) is 37.6 Å². The summed E-state index contributed by atoms with van der Waals surface area (Å²) in [5.41, 5.74) is 2.86. The molecule has 0 saturated carbocycles. The Morgan fingerprint density at radius 3 is 2.80 bits per heavy atom. The number of pyridine rings is 1. The molecule has 0 aliphatic carbocycles. The topological polar surface area (TPSA) is 36.7 Å². The van der Waals surface area contributed by atoms with E-state index in [9.17, 15) is 0 Å². The summed E-state index contributed by atoms with van der Waals surface area (Å²) in [6, 6.07) is 9.54. The van der Waals surface area contributed by atoms with E-state index in [4.69, 9.17) is 17.0 Å². The highest BCUT2D eigenvalue weighted by Crippen LogP contribution is 2.29. The van der Waals surface area contributed by atoms with Gasteiger partial charge in [-0.25, -0.2) is 0 Å². The summed E-state index contributed by atoms with van der Waals surface area (Å²) >= 11 is 7.67. The van der Waals surface area contributed by atoms with Gasteiger partial charge in [0.25, 0.3) is 0 Å². The largest absolute Gasteiger partial charge is 0.293 e. The maximum absolute atomic E-state index is 8.28. The number of nitrogens with zero attached hydrogens (tertiary/aromatic N) is 1. The number of aromatic nitrogens is 1. The van der Waals surface area contributed by atoms with Gasteiger partial charge in [0.05, 0.1) is 5.04 Å². The van der Waals surface area contributed by atoms with E-state index in [2.05, 4.69) is 18.8 Å². The van der Waals surface area contributed by atoms with Crippen LogP contribution >= 0.6 is 23.4 Å². The van der Waals surface area contributed by atoms with Gasteiger partial charge in [0.2, 0.25) is 0 Å². The fourth-order valence-electron chi connectivity index (χ4n) is 1.80. The molecule has 2 aromatic rings. The molecular formula is C16H17ClN2S. The summed E-state index contributed by atoms with van der Waals surface area (Å²) in [4.78, 5) is 4.15. The molecule has 1 aromatic heterocycles. The highest BCUT2D eigenvalue weighted by Gasteiger charge is 2.11. The number of rotatable bonds is 4. The van der Waals surface area contributed by atoms with Crippen LogP contribution < -0.4 is 0 Å². The number of nitrogens with one attached hydrogen (secondary N) is 1. The highest BCUT2D eigenvalue weighted by molar-refractivity contribution is 8.14. The lowest BCUT2D eigenvalue weighted by molar-refractivity contribution is 0.752. The molecule has 20 heavy (non-hydrogen) atoms. The number of hydrogen-bond acceptors (Lipinski definition) is 3. The van der Waals surface area contributed by atoms with E-state index in [1.54, 1.807) is 24.2 Å². The number of thioether (sulfide) groups is 1. The van der Waals surface area contributed by atoms with Crippen molar-refractivity contribution in [3.05, 3.63) is 53.3 Å². The summed E-state index contributed by atoms with van der Waals surface area (Å²) in [5.74, 6) is 1.50. The van der Waals surface area contributed by atoms with Crippen LogP contribution in [0.3, 0.4) is 0 Å². The smallest absolute Gasteiger partial charge is 0.0948 e. The van der Waals surface area contributed by atoms with Crippen LogP contribution in [0.4, 0.5) is 0 Å². The summed E-state index contributed by atoms with van der Waals surface area (Å²) < 4.78 is 0. The first kappa shape index (κ1) is 15.1. The van der Waals surface area contributed by atoms with Crippen LogP contribution in [-0.2, 0) is 0 Å². The normalized spacial score (nSPS) is 10.8. The minimum atomic E-state index is 0.564. The first-order valence-electron chi connectivity index (χ1n) is 6.49. The van der Waals surface area contributed by atoms with Gasteiger partial charge in [-0.2, -0.15) is 0 Å². The number of hydrogen-bond donors (Lipinski definition) is 1. The molecule has 0 amide bonds. The third kappa shape index (κ3) is 3.84. The van der Waals surface area contributed by atoms with Crippen LogP contribution in [0.1, 0.15) is 19.4 Å². The van der Waals surface area contributed by atoms with Gasteiger partial charge in [0, 0.05) is 34.3 Å². The molecule has 0 atom stereocenters. The Bertz CT molecular complexity index is 597. The summed E-state index contributed by atoms with van der Waals surface area (Å²) in [7, 11) is 0. The highest BCUT2D eigenvalue weighted by atomic mass is 35.5. The van der Waals surface area contributed by atoms with Crippen LogP contribution in [0.25, 0.3) is 11.1 Å². The molecule has 0 spiro atoms. The van der Waals surface area contributed by atoms with Gasteiger partial charge in [0.1, 0.15) is 0 Å². The standard InChI is InChI=1S/C16H17ClN2S/c1-11(2)10-20-16(18)14-6-5-13(17)8-15(14)12-4-3-7-19-9-12/h3-9,11,18H,10H2,1-2H3. The maximum atomic E-state index is 8.28. The molecule has 0 unspecified atom stereocenters. The van der Waals surface area contributed by atoms with Crippen molar-refractivity contribution in [2.45, 2.75) is 13.8 Å². The Balaban J connectivity index is 2.36. The van der Waals surface area contributed by atoms with Gasteiger partial charge >= 0.3 is 0 Å². The van der Waals surface area contributed by atoms with E-state index < -0.39 is 0 Å². The van der Waals surface area contributed by atoms with E-state index >= 15 is 0 Å². The summed E-state index contributed by atoms with van der Waals surface area (Å²) in [6.45, 7) is 4.31. The number of halogens is 1. The molecule has 0 radical (unpaired) electrons. The van der Waals surface area contributed by atoms with Gasteiger partial charge in [-0.15, -0.1) is 11.8 Å². The number of benzene rings is 1. The minimum Gasteiger partial charge on any atom is -0.293 e. The van der Waals surface area contributed by atoms with Crippen molar-refractivity contribution in [3.63, 3.8) is 0 Å². The summed E-state index contributed by atoms with van der Waals surface area (Å²) in [6.07, 6.45) is 3.54. The molecule has 0 aliphatic rings. The molecule has 1 aromatic carbocycles. The molecule has 0 fully saturated rings. The van der Waals surface area contributed by atoms with E-state index in [0.717, 1.165) is 22.4 Å². The van der Waals surface area contributed by atoms with Gasteiger partial charge < -0.3 is 0 Å². The molecule has 104 valence electrons. The van der Waals surface area contributed by atoms with Crippen LogP contribution in [0.2, 0.25) is 5.02 Å². The fourth-order valence-corrected chi connectivity index (χ4v) is 2.81. The minimum absolute atomic E-state index is 0.564. The van der Waals surface area contributed by atoms with Crippen LogP contribution in [-0.4, -0.2) is 15.8 Å². The third-order valence-electron chi connectivity index (χ3n) is 2.76. The Morgan fingerprint density at radius 2 is 2.15 bits per heavy atom. The zero-order valence-corrected chi connectivity index (χ0v) is 13.1. The van der Waals surface area contributed by atoms with Gasteiger partial charge in [0.15, 0.2) is 0 Å². The van der Waals surface area contributed by atoms with Crippen molar-refractivity contribution in [2.24, 2.45) is 5.92 Å². The van der Waals surface area contributed by atoms with Crippen molar-refractivity contribution in [1.29, 1.82) is 5.41 Å². The van der Waals surface area contributed by atoms with Gasteiger partial charge in [-0.3, -0.25) is 10.4 Å². The van der Waals surface area contributed by atoms with Crippen molar-refractivity contribution in [3.8, 4) is 11.1 Å².